The molecule has 1 fully saturated rings. The molecule has 0 radical (unpaired) electrons. The van der Waals surface area contributed by atoms with Gasteiger partial charge in [0.1, 0.15) is 5.54 Å². The van der Waals surface area contributed by atoms with E-state index in [1.54, 1.807) is 6.20 Å². The number of nitrogens with two attached hydrogens (primary N) is 1. The van der Waals surface area contributed by atoms with Crippen molar-refractivity contribution in [3.63, 3.8) is 0 Å². The Morgan fingerprint density at radius 2 is 1.23 bits per heavy atom. The smallest absolute Gasteiger partial charge is 0.218 e. The average molecular weight is 393 g/mol. The van der Waals surface area contributed by atoms with Crippen molar-refractivity contribution in [3.05, 3.63) is 126 Å². The Labute approximate surface area is 176 Å². The number of ketones is 1. The second kappa shape index (κ2) is 7.08. The molecule has 3 aromatic carbocycles. The molecule has 1 aromatic heterocycles. The van der Waals surface area contributed by atoms with Gasteiger partial charge in [0.15, 0.2) is 5.82 Å². The fourth-order valence-electron chi connectivity index (χ4n) is 4.28. The van der Waals surface area contributed by atoms with Crippen LogP contribution < -0.4 is 5.73 Å². The summed E-state index contributed by atoms with van der Waals surface area (Å²) in [5.74, 6) is 0.297. The molecule has 4 nitrogen and oxygen atoms in total. The van der Waals surface area contributed by atoms with Crippen molar-refractivity contribution in [3.8, 4) is 0 Å². The zero-order chi connectivity index (χ0) is 20.6. The van der Waals surface area contributed by atoms with E-state index in [-0.39, 0.29) is 5.78 Å². The lowest BCUT2D eigenvalue weighted by Gasteiger charge is -2.38. The van der Waals surface area contributed by atoms with Crippen LogP contribution in [0, 0.1) is 0 Å². The van der Waals surface area contributed by atoms with Crippen LogP contribution in [0.5, 0.6) is 0 Å². The summed E-state index contributed by atoms with van der Waals surface area (Å²) in [5, 5.41) is 0. The molecule has 4 heteroatoms. The predicted molar refractivity (Wildman–Crippen MR) is 117 cm³/mol. The highest BCUT2D eigenvalue weighted by atomic mass is 16.1. The van der Waals surface area contributed by atoms with Crippen LogP contribution in [0.4, 0.5) is 0 Å². The number of carbonyl (C=O) groups excluding carboxylic acids is 1. The van der Waals surface area contributed by atoms with Gasteiger partial charge in [0, 0.05) is 12.4 Å². The summed E-state index contributed by atoms with van der Waals surface area (Å²) < 4.78 is 2.00. The number of rotatable bonds is 6. The minimum absolute atomic E-state index is 0.0975. The van der Waals surface area contributed by atoms with E-state index in [0.717, 1.165) is 16.7 Å². The lowest BCUT2D eigenvalue weighted by Crippen LogP contribution is -2.42. The number of benzene rings is 3. The SMILES string of the molecule is NC1(C(=O)c2nccn2C(c2ccccc2)(c2ccccc2)c2ccccc2)CC1. The monoisotopic (exact) mass is 393 g/mol. The third kappa shape index (κ3) is 2.80. The molecule has 0 spiro atoms. The highest BCUT2D eigenvalue weighted by Crippen LogP contribution is 2.43. The molecule has 1 heterocycles. The maximum atomic E-state index is 13.3. The van der Waals surface area contributed by atoms with Crippen LogP contribution in [0.3, 0.4) is 0 Å². The van der Waals surface area contributed by atoms with Gasteiger partial charge in [-0.25, -0.2) is 4.98 Å². The van der Waals surface area contributed by atoms with Crippen molar-refractivity contribution in [2.45, 2.75) is 23.9 Å². The van der Waals surface area contributed by atoms with Crippen molar-refractivity contribution >= 4 is 5.78 Å². The highest BCUT2D eigenvalue weighted by Gasteiger charge is 2.50. The predicted octanol–water partition coefficient (Wildman–Crippen LogP) is 4.40. The zero-order valence-corrected chi connectivity index (χ0v) is 16.6. The van der Waals surface area contributed by atoms with Crippen molar-refractivity contribution in [2.24, 2.45) is 5.73 Å². The molecule has 4 aromatic rings. The summed E-state index contributed by atoms with van der Waals surface area (Å²) in [6.07, 6.45) is 5.00. The molecule has 0 atom stereocenters. The number of hydrogen-bond acceptors (Lipinski definition) is 3. The molecule has 2 N–H and O–H groups in total. The van der Waals surface area contributed by atoms with E-state index in [0.29, 0.717) is 18.7 Å². The molecule has 0 amide bonds. The number of aromatic nitrogens is 2. The van der Waals surface area contributed by atoms with E-state index in [1.807, 2.05) is 65.4 Å². The standard InChI is InChI=1S/C26H23N3O/c27-25(16-17-25)23(30)24-28-18-19-29(24)26(20-10-4-1-5-11-20,21-12-6-2-7-13-21)22-14-8-3-9-15-22/h1-15,18-19H,16-17,27H2. The number of imidazole rings is 1. The van der Waals surface area contributed by atoms with Gasteiger partial charge in [0.25, 0.3) is 0 Å². The Morgan fingerprint density at radius 1 is 0.800 bits per heavy atom. The van der Waals surface area contributed by atoms with Gasteiger partial charge in [-0.2, -0.15) is 0 Å². The van der Waals surface area contributed by atoms with Gasteiger partial charge >= 0.3 is 0 Å². The summed E-state index contributed by atoms with van der Waals surface area (Å²) in [6.45, 7) is 0. The highest BCUT2D eigenvalue weighted by molar-refractivity contribution is 6.02. The first-order valence-electron chi connectivity index (χ1n) is 10.2. The molecule has 1 aliphatic carbocycles. The first-order chi connectivity index (χ1) is 14.7. The van der Waals surface area contributed by atoms with E-state index in [9.17, 15) is 4.79 Å². The summed E-state index contributed by atoms with van der Waals surface area (Å²) in [6, 6.07) is 30.8. The quantitative estimate of drug-likeness (QED) is 0.390. The minimum Gasteiger partial charge on any atom is -0.319 e. The lowest BCUT2D eigenvalue weighted by molar-refractivity contribution is 0.0931. The van der Waals surface area contributed by atoms with Crippen molar-refractivity contribution in [2.75, 3.05) is 0 Å². The van der Waals surface area contributed by atoms with Crippen molar-refractivity contribution < 1.29 is 4.79 Å². The molecular formula is C26H23N3O. The van der Waals surface area contributed by atoms with Gasteiger partial charge in [-0.05, 0) is 29.5 Å². The van der Waals surface area contributed by atoms with E-state index in [1.165, 1.54) is 0 Å². The summed E-state index contributed by atoms with van der Waals surface area (Å²) >= 11 is 0. The van der Waals surface area contributed by atoms with Gasteiger partial charge in [-0.3, -0.25) is 4.79 Å². The van der Waals surface area contributed by atoms with Gasteiger partial charge in [0.05, 0.1) is 5.54 Å². The van der Waals surface area contributed by atoms with Gasteiger partial charge < -0.3 is 10.3 Å². The Bertz CT molecular complexity index is 1070. The maximum Gasteiger partial charge on any atom is 0.218 e. The maximum absolute atomic E-state index is 13.3. The summed E-state index contributed by atoms with van der Waals surface area (Å²) in [4.78, 5) is 17.8. The molecule has 30 heavy (non-hydrogen) atoms. The second-order valence-electron chi connectivity index (χ2n) is 7.91. The number of carbonyl (C=O) groups is 1. The third-order valence-electron chi connectivity index (χ3n) is 6.02. The van der Waals surface area contributed by atoms with E-state index < -0.39 is 11.1 Å². The molecule has 1 aliphatic rings. The van der Waals surface area contributed by atoms with Gasteiger partial charge in [0.2, 0.25) is 5.78 Å². The van der Waals surface area contributed by atoms with Gasteiger partial charge in [-0.15, -0.1) is 0 Å². The van der Waals surface area contributed by atoms with Crippen LogP contribution in [0.25, 0.3) is 0 Å². The van der Waals surface area contributed by atoms with Crippen LogP contribution in [0.2, 0.25) is 0 Å². The van der Waals surface area contributed by atoms with Crippen LogP contribution in [0.15, 0.2) is 103 Å². The van der Waals surface area contributed by atoms with Crippen LogP contribution in [-0.2, 0) is 5.54 Å². The molecule has 1 saturated carbocycles. The molecule has 0 aliphatic heterocycles. The Morgan fingerprint density at radius 3 is 1.63 bits per heavy atom. The molecule has 0 saturated heterocycles. The number of Topliss-reactive ketones (excluding diaryl/α,β-unsaturated/α-hetero) is 1. The number of nitrogens with zero attached hydrogens (tertiary/aromatic N) is 2. The molecule has 0 bridgehead atoms. The zero-order valence-electron chi connectivity index (χ0n) is 16.6. The largest absolute Gasteiger partial charge is 0.319 e. The first-order valence-corrected chi connectivity index (χ1v) is 10.2. The normalized spacial score (nSPS) is 15.0. The number of hydrogen-bond donors (Lipinski definition) is 1. The molecule has 148 valence electrons. The minimum atomic E-state index is -0.793. The van der Waals surface area contributed by atoms with Crippen LogP contribution >= 0.6 is 0 Å². The molecular weight excluding hydrogens is 370 g/mol. The third-order valence-corrected chi connectivity index (χ3v) is 6.02. The Balaban J connectivity index is 1.87. The van der Waals surface area contributed by atoms with Gasteiger partial charge in [-0.1, -0.05) is 91.0 Å². The molecule has 5 rings (SSSR count). The Hall–Kier alpha value is -3.50. The summed E-state index contributed by atoms with van der Waals surface area (Å²) in [7, 11) is 0. The van der Waals surface area contributed by atoms with Crippen LogP contribution in [0.1, 0.15) is 40.2 Å². The topological polar surface area (TPSA) is 60.9 Å². The van der Waals surface area contributed by atoms with E-state index in [2.05, 4.69) is 41.4 Å². The summed E-state index contributed by atoms with van der Waals surface area (Å²) in [5.41, 5.74) is 7.92. The average Bonchev–Trinajstić information content (AvgIpc) is 3.38. The fourth-order valence-corrected chi connectivity index (χ4v) is 4.28. The molecule has 0 unspecified atom stereocenters. The lowest BCUT2D eigenvalue weighted by atomic mass is 9.76. The fraction of sp³-hybridized carbons (Fsp3) is 0.154. The second-order valence-corrected chi connectivity index (χ2v) is 7.91. The van der Waals surface area contributed by atoms with Crippen molar-refractivity contribution in [1.82, 2.24) is 9.55 Å². The van der Waals surface area contributed by atoms with Crippen molar-refractivity contribution in [1.29, 1.82) is 0 Å². The Kier molecular flexibility index (Phi) is 4.37. The van der Waals surface area contributed by atoms with E-state index >= 15 is 0 Å². The first kappa shape index (κ1) is 18.5. The van der Waals surface area contributed by atoms with E-state index in [4.69, 9.17) is 5.73 Å². The van der Waals surface area contributed by atoms with Crippen LogP contribution in [-0.4, -0.2) is 20.9 Å².